The van der Waals surface area contributed by atoms with Crippen molar-refractivity contribution in [2.75, 3.05) is 11.9 Å². The Bertz CT molecular complexity index is 544. The number of amides is 1. The van der Waals surface area contributed by atoms with Crippen molar-refractivity contribution in [2.24, 2.45) is 0 Å². The lowest BCUT2D eigenvalue weighted by Gasteiger charge is -2.20. The van der Waals surface area contributed by atoms with Crippen LogP contribution < -0.4 is 10.6 Å². The fourth-order valence-corrected chi connectivity index (χ4v) is 2.02. The van der Waals surface area contributed by atoms with Gasteiger partial charge in [-0.1, -0.05) is 18.5 Å². The lowest BCUT2D eigenvalue weighted by Crippen LogP contribution is -2.48. The van der Waals surface area contributed by atoms with Gasteiger partial charge in [-0.3, -0.25) is 4.79 Å². The number of halogens is 4. The van der Waals surface area contributed by atoms with Gasteiger partial charge in [-0.15, -0.1) is 0 Å². The molecule has 1 aliphatic rings. The van der Waals surface area contributed by atoms with Crippen LogP contribution in [0, 0.1) is 0 Å². The summed E-state index contributed by atoms with van der Waals surface area (Å²) in [6.07, 6.45) is -3.85. The molecule has 4 nitrogen and oxygen atoms in total. The van der Waals surface area contributed by atoms with Crippen molar-refractivity contribution in [2.45, 2.75) is 37.9 Å². The first-order valence-electron chi connectivity index (χ1n) is 6.59. The Morgan fingerprint density at radius 1 is 1.43 bits per heavy atom. The highest BCUT2D eigenvalue weighted by molar-refractivity contribution is 6.33. The minimum Gasteiger partial charge on any atom is -0.370 e. The molecule has 1 saturated carbocycles. The molecule has 0 saturated heterocycles. The van der Waals surface area contributed by atoms with Gasteiger partial charge in [0.15, 0.2) is 0 Å². The van der Waals surface area contributed by atoms with Crippen LogP contribution in [0.15, 0.2) is 12.1 Å². The van der Waals surface area contributed by atoms with E-state index in [4.69, 9.17) is 11.6 Å². The van der Waals surface area contributed by atoms with Gasteiger partial charge < -0.3 is 10.6 Å². The lowest BCUT2D eigenvalue weighted by molar-refractivity contribution is -0.163. The van der Waals surface area contributed by atoms with E-state index in [1.807, 2.05) is 12.2 Å². The molecule has 0 bridgehead atoms. The number of hydrogen-bond donors (Lipinski definition) is 2. The Morgan fingerprint density at radius 3 is 2.62 bits per heavy atom. The van der Waals surface area contributed by atoms with Crippen LogP contribution in [0.4, 0.5) is 19.0 Å². The number of pyridine rings is 1. The first-order chi connectivity index (χ1) is 9.79. The highest BCUT2D eigenvalue weighted by Crippen LogP contribution is 2.49. The molecule has 0 aromatic carbocycles. The summed E-state index contributed by atoms with van der Waals surface area (Å²) in [7, 11) is 0. The van der Waals surface area contributed by atoms with Crippen LogP contribution in [-0.4, -0.2) is 29.2 Å². The fraction of sp³-hybridized carbons (Fsp3) is 0.538. The van der Waals surface area contributed by atoms with Gasteiger partial charge >= 0.3 is 6.18 Å². The second-order valence-electron chi connectivity index (χ2n) is 4.99. The maximum Gasteiger partial charge on any atom is 0.411 e. The van der Waals surface area contributed by atoms with Gasteiger partial charge in [-0.25, -0.2) is 4.98 Å². The van der Waals surface area contributed by atoms with Crippen LogP contribution >= 0.6 is 11.6 Å². The van der Waals surface area contributed by atoms with Crippen LogP contribution in [0.2, 0.25) is 5.02 Å². The minimum absolute atomic E-state index is 0.0209. The zero-order chi connectivity index (χ0) is 15.7. The molecule has 0 spiro atoms. The second kappa shape index (κ2) is 5.71. The summed E-state index contributed by atoms with van der Waals surface area (Å²) in [4.78, 5) is 16.0. The fourth-order valence-electron chi connectivity index (χ4n) is 1.83. The summed E-state index contributed by atoms with van der Waals surface area (Å²) in [5, 5.41) is 4.98. The van der Waals surface area contributed by atoms with Gasteiger partial charge in [-0.05, 0) is 31.4 Å². The smallest absolute Gasteiger partial charge is 0.370 e. The minimum atomic E-state index is -4.47. The summed E-state index contributed by atoms with van der Waals surface area (Å²) in [6, 6.07) is 3.01. The highest BCUT2D eigenvalue weighted by atomic mass is 35.5. The van der Waals surface area contributed by atoms with E-state index in [0.717, 1.165) is 6.42 Å². The van der Waals surface area contributed by atoms with Crippen molar-refractivity contribution in [3.05, 3.63) is 22.8 Å². The molecule has 21 heavy (non-hydrogen) atoms. The average molecular weight is 322 g/mol. The van der Waals surface area contributed by atoms with Crippen molar-refractivity contribution in [1.82, 2.24) is 10.3 Å². The quantitative estimate of drug-likeness (QED) is 0.874. The number of nitrogens with zero attached hydrogens (tertiary/aromatic N) is 1. The molecule has 1 fully saturated rings. The second-order valence-corrected chi connectivity index (χ2v) is 5.39. The van der Waals surface area contributed by atoms with Gasteiger partial charge in [0.25, 0.3) is 5.91 Å². The summed E-state index contributed by atoms with van der Waals surface area (Å²) < 4.78 is 38.5. The predicted octanol–water partition coefficient (Wildman–Crippen LogP) is 3.38. The van der Waals surface area contributed by atoms with Crippen molar-refractivity contribution in [3.8, 4) is 0 Å². The predicted molar refractivity (Wildman–Crippen MR) is 73.5 cm³/mol. The molecule has 2 rings (SSSR count). The van der Waals surface area contributed by atoms with Crippen molar-refractivity contribution >= 4 is 23.3 Å². The van der Waals surface area contributed by atoms with Gasteiger partial charge in [0.2, 0.25) is 0 Å². The number of nitrogens with one attached hydrogen (secondary N) is 2. The standard InChI is InChI=1S/C13H15ClF3N3O/c1-2-7-18-9-4-3-8(14)10(19-9)11(21)20-12(5-6-12)13(15,16)17/h3-4H,2,5-7H2,1H3,(H,18,19)(H,20,21). The molecule has 0 radical (unpaired) electrons. The van der Waals surface area contributed by atoms with E-state index < -0.39 is 17.6 Å². The van der Waals surface area contributed by atoms with E-state index in [1.54, 1.807) is 6.07 Å². The zero-order valence-corrected chi connectivity index (χ0v) is 12.1. The number of anilines is 1. The summed E-state index contributed by atoms with van der Waals surface area (Å²) in [6.45, 7) is 2.60. The Morgan fingerprint density at radius 2 is 2.10 bits per heavy atom. The van der Waals surface area contributed by atoms with E-state index in [1.165, 1.54) is 6.07 Å². The topological polar surface area (TPSA) is 54.0 Å². The Labute approximate surface area is 125 Å². The van der Waals surface area contributed by atoms with E-state index in [0.29, 0.717) is 12.4 Å². The molecule has 116 valence electrons. The first kappa shape index (κ1) is 15.9. The Balaban J connectivity index is 2.15. The summed E-state index contributed by atoms with van der Waals surface area (Å²) >= 11 is 5.86. The molecule has 8 heteroatoms. The third-order valence-corrected chi connectivity index (χ3v) is 3.57. The molecule has 1 aromatic rings. The molecule has 1 aliphatic carbocycles. The van der Waals surface area contributed by atoms with Crippen LogP contribution in [0.25, 0.3) is 0 Å². The monoisotopic (exact) mass is 321 g/mol. The zero-order valence-electron chi connectivity index (χ0n) is 11.4. The molecule has 2 N–H and O–H groups in total. The molecular formula is C13H15ClF3N3O. The highest BCUT2D eigenvalue weighted by Gasteiger charge is 2.64. The lowest BCUT2D eigenvalue weighted by atomic mass is 10.2. The normalized spacial score (nSPS) is 16.4. The molecule has 0 unspecified atom stereocenters. The van der Waals surface area contributed by atoms with E-state index in [9.17, 15) is 18.0 Å². The Hall–Kier alpha value is -1.50. The molecule has 1 heterocycles. The first-order valence-corrected chi connectivity index (χ1v) is 6.96. The van der Waals surface area contributed by atoms with Crippen molar-refractivity contribution in [1.29, 1.82) is 0 Å². The van der Waals surface area contributed by atoms with E-state index in [-0.39, 0.29) is 23.6 Å². The molecule has 0 aliphatic heterocycles. The van der Waals surface area contributed by atoms with Crippen molar-refractivity contribution < 1.29 is 18.0 Å². The molecule has 1 amide bonds. The number of rotatable bonds is 5. The van der Waals surface area contributed by atoms with Gasteiger partial charge in [0, 0.05) is 6.54 Å². The van der Waals surface area contributed by atoms with Crippen LogP contribution in [0.1, 0.15) is 36.7 Å². The number of alkyl halides is 3. The van der Waals surface area contributed by atoms with Crippen LogP contribution in [0.5, 0.6) is 0 Å². The van der Waals surface area contributed by atoms with E-state index >= 15 is 0 Å². The van der Waals surface area contributed by atoms with Gasteiger partial charge in [0.05, 0.1) is 5.02 Å². The number of carbonyl (C=O) groups is 1. The number of aromatic nitrogens is 1. The number of hydrogen-bond acceptors (Lipinski definition) is 3. The van der Waals surface area contributed by atoms with Crippen LogP contribution in [0.3, 0.4) is 0 Å². The third-order valence-electron chi connectivity index (χ3n) is 3.26. The van der Waals surface area contributed by atoms with E-state index in [2.05, 4.69) is 10.3 Å². The van der Waals surface area contributed by atoms with Gasteiger partial charge in [-0.2, -0.15) is 13.2 Å². The van der Waals surface area contributed by atoms with Crippen LogP contribution in [-0.2, 0) is 0 Å². The van der Waals surface area contributed by atoms with Gasteiger partial charge in [0.1, 0.15) is 17.1 Å². The van der Waals surface area contributed by atoms with Crippen molar-refractivity contribution in [3.63, 3.8) is 0 Å². The largest absolute Gasteiger partial charge is 0.411 e. The third kappa shape index (κ3) is 3.40. The maximum absolute atomic E-state index is 12.8. The summed E-state index contributed by atoms with van der Waals surface area (Å²) in [5.41, 5.74) is -2.32. The SMILES string of the molecule is CCCNc1ccc(Cl)c(C(=O)NC2(C(F)(F)F)CC2)n1. The Kier molecular flexibility index (Phi) is 4.32. The number of carbonyl (C=O) groups excluding carboxylic acids is 1. The summed E-state index contributed by atoms with van der Waals surface area (Å²) in [5.74, 6) is -0.502. The molecule has 1 aromatic heterocycles. The maximum atomic E-state index is 12.8. The molecule has 0 atom stereocenters. The molecular weight excluding hydrogens is 307 g/mol. The average Bonchev–Trinajstić information content (AvgIpc) is 3.18.